The van der Waals surface area contributed by atoms with Gasteiger partial charge in [-0.25, -0.2) is 4.39 Å². The fraction of sp³-hybridized carbons (Fsp3) is 0.429. The lowest BCUT2D eigenvalue weighted by atomic mass is 10.1. The zero-order chi connectivity index (χ0) is 12.7. The van der Waals surface area contributed by atoms with Crippen molar-refractivity contribution in [3.05, 3.63) is 47.9 Å². The van der Waals surface area contributed by atoms with Crippen molar-refractivity contribution < 1.29 is 4.39 Å². The fourth-order valence-electron chi connectivity index (χ4n) is 1.65. The monoisotopic (exact) mass is 255 g/mol. The first kappa shape index (κ1) is 14.0. The van der Waals surface area contributed by atoms with Gasteiger partial charge < -0.3 is 5.32 Å². The van der Waals surface area contributed by atoms with Crippen LogP contribution in [0.4, 0.5) is 4.39 Å². The van der Waals surface area contributed by atoms with E-state index in [0.29, 0.717) is 5.88 Å². The molecule has 0 aliphatic heterocycles. The van der Waals surface area contributed by atoms with E-state index in [1.165, 1.54) is 12.1 Å². The lowest BCUT2D eigenvalue weighted by molar-refractivity contribution is 0.606. The second kappa shape index (κ2) is 7.33. The number of hydrogen-bond donors (Lipinski definition) is 1. The summed E-state index contributed by atoms with van der Waals surface area (Å²) in [6.07, 6.45) is 2.98. The number of rotatable bonds is 7. The minimum absolute atomic E-state index is 0.152. The third-order valence-corrected chi connectivity index (χ3v) is 2.92. The molecule has 1 atom stereocenters. The second-order valence-electron chi connectivity index (χ2n) is 4.17. The van der Waals surface area contributed by atoms with Crippen molar-refractivity contribution in [2.45, 2.75) is 32.2 Å². The van der Waals surface area contributed by atoms with Crippen LogP contribution in [0.25, 0.3) is 0 Å². The molecule has 1 unspecified atom stereocenters. The van der Waals surface area contributed by atoms with E-state index in [1.54, 1.807) is 12.1 Å². The van der Waals surface area contributed by atoms with Crippen LogP contribution in [0.3, 0.4) is 0 Å². The van der Waals surface area contributed by atoms with Crippen LogP contribution in [0.5, 0.6) is 0 Å². The average Bonchev–Trinajstić information content (AvgIpc) is 2.30. The van der Waals surface area contributed by atoms with Crippen molar-refractivity contribution >= 4 is 11.6 Å². The molecule has 0 spiro atoms. The fourth-order valence-corrected chi connectivity index (χ4v) is 1.84. The standard InChI is InChI=1S/C14H19ClFN/c1-11(5-3-4-10-15)17-12(2)13-6-8-14(16)9-7-13/h6-9,12,17H,1,3-5,10H2,2H3. The van der Waals surface area contributed by atoms with Crippen LogP contribution in [0.15, 0.2) is 36.5 Å². The van der Waals surface area contributed by atoms with E-state index in [-0.39, 0.29) is 11.9 Å². The van der Waals surface area contributed by atoms with Gasteiger partial charge in [0.25, 0.3) is 0 Å². The van der Waals surface area contributed by atoms with Crippen LogP contribution in [0, 0.1) is 5.82 Å². The highest BCUT2D eigenvalue weighted by molar-refractivity contribution is 6.17. The van der Waals surface area contributed by atoms with Gasteiger partial charge in [0.15, 0.2) is 0 Å². The molecule has 1 aromatic carbocycles. The average molecular weight is 256 g/mol. The molecular formula is C14H19ClFN. The van der Waals surface area contributed by atoms with E-state index >= 15 is 0 Å². The number of unbranched alkanes of at least 4 members (excludes halogenated alkanes) is 1. The van der Waals surface area contributed by atoms with Crippen molar-refractivity contribution in [2.24, 2.45) is 0 Å². The van der Waals surface area contributed by atoms with Crippen LogP contribution in [-0.2, 0) is 0 Å². The smallest absolute Gasteiger partial charge is 0.123 e. The highest BCUT2D eigenvalue weighted by atomic mass is 35.5. The molecule has 0 aliphatic rings. The summed E-state index contributed by atoms with van der Waals surface area (Å²) in [5.41, 5.74) is 2.07. The molecule has 0 saturated heterocycles. The maximum absolute atomic E-state index is 12.8. The molecule has 0 heterocycles. The minimum atomic E-state index is -0.207. The van der Waals surface area contributed by atoms with E-state index in [9.17, 15) is 4.39 Å². The normalized spacial score (nSPS) is 12.2. The van der Waals surface area contributed by atoms with Crippen molar-refractivity contribution in [1.29, 1.82) is 0 Å². The van der Waals surface area contributed by atoms with Crippen LogP contribution >= 0.6 is 11.6 Å². The van der Waals surface area contributed by atoms with Crippen LogP contribution in [0.1, 0.15) is 37.8 Å². The van der Waals surface area contributed by atoms with Gasteiger partial charge in [0.05, 0.1) is 0 Å². The van der Waals surface area contributed by atoms with Gasteiger partial charge in [0, 0.05) is 17.6 Å². The molecule has 17 heavy (non-hydrogen) atoms. The number of nitrogens with one attached hydrogen (secondary N) is 1. The Bertz CT molecular complexity index is 348. The first-order chi connectivity index (χ1) is 8.13. The molecular weight excluding hydrogens is 237 g/mol. The molecule has 0 aromatic heterocycles. The Labute approximate surface area is 108 Å². The van der Waals surface area contributed by atoms with Crippen molar-refractivity contribution in [1.82, 2.24) is 5.32 Å². The minimum Gasteiger partial charge on any atom is -0.382 e. The first-order valence-electron chi connectivity index (χ1n) is 5.89. The zero-order valence-electron chi connectivity index (χ0n) is 10.2. The van der Waals surface area contributed by atoms with Gasteiger partial charge in [-0.15, -0.1) is 11.6 Å². The molecule has 0 fully saturated rings. The van der Waals surface area contributed by atoms with Gasteiger partial charge in [0.2, 0.25) is 0 Å². The summed E-state index contributed by atoms with van der Waals surface area (Å²) in [6, 6.07) is 6.69. The zero-order valence-corrected chi connectivity index (χ0v) is 10.9. The largest absolute Gasteiger partial charge is 0.382 e. The lowest BCUT2D eigenvalue weighted by Gasteiger charge is -2.17. The molecule has 0 amide bonds. The summed E-state index contributed by atoms with van der Waals surface area (Å²) in [5.74, 6) is 0.489. The quantitative estimate of drug-likeness (QED) is 0.563. The molecule has 0 aliphatic carbocycles. The Morgan fingerprint density at radius 3 is 2.59 bits per heavy atom. The molecule has 1 nitrogen and oxygen atoms in total. The molecule has 94 valence electrons. The van der Waals surface area contributed by atoms with Gasteiger partial charge in [-0.1, -0.05) is 18.7 Å². The number of hydrogen-bond acceptors (Lipinski definition) is 1. The van der Waals surface area contributed by atoms with E-state index in [2.05, 4.69) is 11.9 Å². The Hall–Kier alpha value is -1.02. The van der Waals surface area contributed by atoms with Gasteiger partial charge in [-0.3, -0.25) is 0 Å². The van der Waals surface area contributed by atoms with Gasteiger partial charge >= 0.3 is 0 Å². The highest BCUT2D eigenvalue weighted by Crippen LogP contribution is 2.15. The summed E-state index contributed by atoms with van der Waals surface area (Å²) < 4.78 is 12.8. The summed E-state index contributed by atoms with van der Waals surface area (Å²) in [7, 11) is 0. The van der Waals surface area contributed by atoms with E-state index in [1.807, 2.05) is 6.92 Å². The second-order valence-corrected chi connectivity index (χ2v) is 4.55. The third kappa shape index (κ3) is 5.22. The Morgan fingerprint density at radius 1 is 1.35 bits per heavy atom. The van der Waals surface area contributed by atoms with E-state index < -0.39 is 0 Å². The SMILES string of the molecule is C=C(CCCCCl)NC(C)c1ccc(F)cc1. The van der Waals surface area contributed by atoms with E-state index in [4.69, 9.17) is 11.6 Å². The molecule has 3 heteroatoms. The topological polar surface area (TPSA) is 12.0 Å². The number of alkyl halides is 1. The summed E-state index contributed by atoms with van der Waals surface area (Å²) >= 11 is 5.62. The molecule has 1 N–H and O–H groups in total. The summed E-state index contributed by atoms with van der Waals surface area (Å²) in [4.78, 5) is 0. The Balaban J connectivity index is 2.40. The Morgan fingerprint density at radius 2 is 2.00 bits per heavy atom. The maximum atomic E-state index is 12.8. The van der Waals surface area contributed by atoms with Crippen LogP contribution in [-0.4, -0.2) is 5.88 Å². The predicted octanol–water partition coefficient (Wildman–Crippen LogP) is 4.40. The Kier molecular flexibility index (Phi) is 6.06. The van der Waals surface area contributed by atoms with Gasteiger partial charge in [-0.2, -0.15) is 0 Å². The molecule has 0 bridgehead atoms. The number of benzene rings is 1. The van der Waals surface area contributed by atoms with Crippen molar-refractivity contribution in [2.75, 3.05) is 5.88 Å². The maximum Gasteiger partial charge on any atom is 0.123 e. The first-order valence-corrected chi connectivity index (χ1v) is 6.42. The van der Waals surface area contributed by atoms with Crippen LogP contribution in [0.2, 0.25) is 0 Å². The van der Waals surface area contributed by atoms with Gasteiger partial charge in [0.1, 0.15) is 5.82 Å². The third-order valence-electron chi connectivity index (χ3n) is 2.65. The lowest BCUT2D eigenvalue weighted by Crippen LogP contribution is -2.17. The molecule has 0 saturated carbocycles. The highest BCUT2D eigenvalue weighted by Gasteiger charge is 2.05. The summed E-state index contributed by atoms with van der Waals surface area (Å²) in [5, 5.41) is 3.31. The van der Waals surface area contributed by atoms with E-state index in [0.717, 1.165) is 30.5 Å². The number of halogens is 2. The molecule has 1 aromatic rings. The predicted molar refractivity (Wildman–Crippen MR) is 71.7 cm³/mol. The van der Waals surface area contributed by atoms with Crippen molar-refractivity contribution in [3.8, 4) is 0 Å². The van der Waals surface area contributed by atoms with Gasteiger partial charge in [-0.05, 0) is 43.9 Å². The molecule has 0 radical (unpaired) electrons. The van der Waals surface area contributed by atoms with Crippen molar-refractivity contribution in [3.63, 3.8) is 0 Å². The van der Waals surface area contributed by atoms with Crippen LogP contribution < -0.4 is 5.32 Å². The number of allylic oxidation sites excluding steroid dienone is 1. The summed E-state index contributed by atoms with van der Waals surface area (Å²) in [6.45, 7) is 6.02. The molecule has 1 rings (SSSR count).